The third-order valence-corrected chi connectivity index (χ3v) is 3.11. The number of nitrogens with one attached hydrogen (secondary N) is 1. The van der Waals surface area contributed by atoms with Crippen molar-refractivity contribution < 1.29 is 23.9 Å². The highest BCUT2D eigenvalue weighted by Gasteiger charge is 2.22. The number of rotatable bonds is 6. The lowest BCUT2D eigenvalue weighted by molar-refractivity contribution is -0.139. The van der Waals surface area contributed by atoms with Gasteiger partial charge in [0.2, 0.25) is 5.91 Å². The molecular formula is C12H12BrFN2O4. The topological polar surface area (TPSA) is 109 Å². The van der Waals surface area contributed by atoms with Crippen LogP contribution in [0.5, 0.6) is 0 Å². The maximum absolute atomic E-state index is 12.9. The summed E-state index contributed by atoms with van der Waals surface area (Å²) in [5.41, 5.74) is 5.02. The molecule has 8 heteroatoms. The number of amides is 2. The first kappa shape index (κ1) is 16.1. The summed E-state index contributed by atoms with van der Waals surface area (Å²) in [5.74, 6) is -3.16. The minimum atomic E-state index is -1.28. The zero-order valence-corrected chi connectivity index (χ0v) is 11.8. The molecule has 1 atom stereocenters. The molecule has 1 rings (SSSR count). The Morgan fingerprint density at radius 3 is 2.55 bits per heavy atom. The van der Waals surface area contributed by atoms with E-state index in [-0.39, 0.29) is 22.9 Å². The summed E-state index contributed by atoms with van der Waals surface area (Å²) in [6.45, 7) is 0. The first-order chi connectivity index (χ1) is 9.31. The van der Waals surface area contributed by atoms with E-state index in [0.717, 1.165) is 12.1 Å². The molecule has 0 aliphatic rings. The maximum atomic E-state index is 12.9. The van der Waals surface area contributed by atoms with Crippen LogP contribution in [0.2, 0.25) is 0 Å². The van der Waals surface area contributed by atoms with Crippen molar-refractivity contribution in [1.82, 2.24) is 5.32 Å². The third-order valence-electron chi connectivity index (χ3n) is 2.46. The monoisotopic (exact) mass is 346 g/mol. The lowest BCUT2D eigenvalue weighted by Crippen LogP contribution is -2.41. The van der Waals surface area contributed by atoms with E-state index in [4.69, 9.17) is 10.8 Å². The molecule has 6 nitrogen and oxygen atoms in total. The van der Waals surface area contributed by atoms with Gasteiger partial charge in [-0.15, -0.1) is 0 Å². The van der Waals surface area contributed by atoms with Gasteiger partial charge in [-0.3, -0.25) is 9.59 Å². The fourth-order valence-electron chi connectivity index (χ4n) is 1.45. The van der Waals surface area contributed by atoms with Gasteiger partial charge in [-0.2, -0.15) is 0 Å². The van der Waals surface area contributed by atoms with Crippen LogP contribution in [0.4, 0.5) is 4.39 Å². The number of hydrogen-bond donors (Lipinski definition) is 3. The molecule has 0 spiro atoms. The number of primary amides is 1. The van der Waals surface area contributed by atoms with Gasteiger partial charge in [-0.25, -0.2) is 9.18 Å². The summed E-state index contributed by atoms with van der Waals surface area (Å²) in [6, 6.07) is 2.15. The molecule has 4 N–H and O–H groups in total. The highest BCUT2D eigenvalue weighted by molar-refractivity contribution is 9.10. The van der Waals surface area contributed by atoms with E-state index in [9.17, 15) is 18.8 Å². The number of nitrogens with two attached hydrogens (primary N) is 1. The molecule has 20 heavy (non-hydrogen) atoms. The largest absolute Gasteiger partial charge is 0.480 e. The Hall–Kier alpha value is -1.96. The van der Waals surface area contributed by atoms with Crippen molar-refractivity contribution >= 4 is 33.7 Å². The van der Waals surface area contributed by atoms with Crippen LogP contribution in [0.25, 0.3) is 0 Å². The number of benzene rings is 1. The molecule has 0 unspecified atom stereocenters. The van der Waals surface area contributed by atoms with E-state index < -0.39 is 29.6 Å². The van der Waals surface area contributed by atoms with Gasteiger partial charge in [0.25, 0.3) is 5.91 Å². The van der Waals surface area contributed by atoms with E-state index in [1.165, 1.54) is 6.07 Å². The number of aliphatic carboxylic acids is 1. The molecule has 0 aromatic heterocycles. The predicted molar refractivity (Wildman–Crippen MR) is 71.4 cm³/mol. The highest BCUT2D eigenvalue weighted by Crippen LogP contribution is 2.18. The Morgan fingerprint density at radius 1 is 1.40 bits per heavy atom. The number of carbonyl (C=O) groups is 3. The Kier molecular flexibility index (Phi) is 5.63. The molecule has 108 valence electrons. The first-order valence-electron chi connectivity index (χ1n) is 5.58. The van der Waals surface area contributed by atoms with E-state index in [1.807, 2.05) is 0 Å². The van der Waals surface area contributed by atoms with Gasteiger partial charge in [0.1, 0.15) is 11.9 Å². The molecular weight excluding hydrogens is 335 g/mol. The molecule has 0 aliphatic carbocycles. The van der Waals surface area contributed by atoms with E-state index in [0.29, 0.717) is 0 Å². The van der Waals surface area contributed by atoms with Crippen LogP contribution in [0.15, 0.2) is 22.7 Å². The van der Waals surface area contributed by atoms with Crippen molar-refractivity contribution in [2.24, 2.45) is 5.73 Å². The number of halogens is 2. The molecule has 0 saturated carbocycles. The number of hydrogen-bond acceptors (Lipinski definition) is 3. The Bertz CT molecular complexity index is 550. The van der Waals surface area contributed by atoms with Crippen LogP contribution in [0.3, 0.4) is 0 Å². The lowest BCUT2D eigenvalue weighted by Gasteiger charge is -2.14. The number of carboxylic acid groups (broad SMARTS) is 1. The molecule has 0 saturated heterocycles. The fourth-order valence-corrected chi connectivity index (χ4v) is 1.98. The second kappa shape index (κ2) is 6.99. The van der Waals surface area contributed by atoms with E-state index in [1.54, 1.807) is 0 Å². The maximum Gasteiger partial charge on any atom is 0.326 e. The quantitative estimate of drug-likeness (QED) is 0.714. The van der Waals surface area contributed by atoms with Crippen molar-refractivity contribution in [3.8, 4) is 0 Å². The van der Waals surface area contributed by atoms with Gasteiger partial charge in [0.05, 0.1) is 5.56 Å². The molecule has 0 aliphatic heterocycles. The summed E-state index contributed by atoms with van der Waals surface area (Å²) in [4.78, 5) is 33.5. The first-order valence-corrected chi connectivity index (χ1v) is 6.37. The molecule has 1 aromatic rings. The second-order valence-corrected chi connectivity index (χ2v) is 4.85. The van der Waals surface area contributed by atoms with Crippen molar-refractivity contribution in [3.63, 3.8) is 0 Å². The van der Waals surface area contributed by atoms with Crippen LogP contribution < -0.4 is 11.1 Å². The minimum Gasteiger partial charge on any atom is -0.480 e. The smallest absolute Gasteiger partial charge is 0.326 e. The number of carboxylic acids is 1. The molecule has 2 amide bonds. The fraction of sp³-hybridized carbons (Fsp3) is 0.250. The summed E-state index contributed by atoms with van der Waals surface area (Å²) in [7, 11) is 0. The third kappa shape index (κ3) is 4.61. The second-order valence-electron chi connectivity index (χ2n) is 3.99. The van der Waals surface area contributed by atoms with Crippen molar-refractivity contribution in [2.45, 2.75) is 18.9 Å². The molecule has 1 aromatic carbocycles. The predicted octanol–water partition coefficient (Wildman–Crippen LogP) is 1.04. The van der Waals surface area contributed by atoms with Crippen LogP contribution in [-0.4, -0.2) is 28.9 Å². The zero-order chi connectivity index (χ0) is 15.3. The van der Waals surface area contributed by atoms with Gasteiger partial charge < -0.3 is 16.2 Å². The Morgan fingerprint density at radius 2 is 2.05 bits per heavy atom. The van der Waals surface area contributed by atoms with Crippen LogP contribution in [-0.2, 0) is 9.59 Å². The molecule has 0 fully saturated rings. The van der Waals surface area contributed by atoms with Crippen LogP contribution in [0.1, 0.15) is 23.2 Å². The minimum absolute atomic E-state index is 0.0942. The molecule has 0 bridgehead atoms. The molecule has 0 heterocycles. The van der Waals surface area contributed by atoms with Gasteiger partial charge in [0.15, 0.2) is 0 Å². The normalized spacial score (nSPS) is 11.7. The van der Waals surface area contributed by atoms with Crippen LogP contribution >= 0.6 is 15.9 Å². The lowest BCUT2D eigenvalue weighted by atomic mass is 10.1. The van der Waals surface area contributed by atoms with Gasteiger partial charge in [-0.1, -0.05) is 0 Å². The summed E-state index contributed by atoms with van der Waals surface area (Å²) < 4.78 is 13.1. The van der Waals surface area contributed by atoms with E-state index >= 15 is 0 Å². The van der Waals surface area contributed by atoms with Crippen molar-refractivity contribution in [1.29, 1.82) is 0 Å². The van der Waals surface area contributed by atoms with Gasteiger partial charge in [0, 0.05) is 10.9 Å². The van der Waals surface area contributed by atoms with Crippen molar-refractivity contribution in [3.05, 3.63) is 34.1 Å². The van der Waals surface area contributed by atoms with Crippen molar-refractivity contribution in [2.75, 3.05) is 0 Å². The Labute approximate surface area is 122 Å². The highest BCUT2D eigenvalue weighted by atomic mass is 79.9. The summed E-state index contributed by atoms with van der Waals surface area (Å²) in [5, 5.41) is 11.2. The van der Waals surface area contributed by atoms with Crippen LogP contribution in [0, 0.1) is 5.82 Å². The molecule has 0 radical (unpaired) electrons. The van der Waals surface area contributed by atoms with Gasteiger partial charge >= 0.3 is 5.97 Å². The van der Waals surface area contributed by atoms with Gasteiger partial charge in [-0.05, 0) is 40.5 Å². The number of carbonyl (C=O) groups excluding carboxylic acids is 2. The van der Waals surface area contributed by atoms with E-state index in [2.05, 4.69) is 21.2 Å². The average molecular weight is 347 g/mol. The SMILES string of the molecule is NC(=O)CC[C@H](NC(=O)c1ccc(F)cc1Br)C(=O)O. The Balaban J connectivity index is 2.80. The summed E-state index contributed by atoms with van der Waals surface area (Å²) >= 11 is 3.01. The standard InChI is InChI=1S/C12H12BrFN2O4/c13-8-5-6(14)1-2-7(8)11(18)16-9(12(19)20)3-4-10(15)17/h1-2,5,9H,3-4H2,(H2,15,17)(H,16,18)(H,19,20)/t9-/m0/s1. The zero-order valence-electron chi connectivity index (χ0n) is 10.2. The average Bonchev–Trinajstić information content (AvgIpc) is 2.33. The summed E-state index contributed by atoms with van der Waals surface area (Å²) in [6.07, 6.45) is -0.281.